The summed E-state index contributed by atoms with van der Waals surface area (Å²) in [7, 11) is 1.33. The van der Waals surface area contributed by atoms with Crippen molar-refractivity contribution >= 4 is 40.9 Å². The van der Waals surface area contributed by atoms with Crippen LogP contribution in [-0.2, 0) is 9.53 Å². The first-order valence-corrected chi connectivity index (χ1v) is 11.5. The molecule has 5 nitrogen and oxygen atoms in total. The molecule has 1 spiro atoms. The smallest absolute Gasteiger partial charge is 0.329 e. The van der Waals surface area contributed by atoms with E-state index in [1.165, 1.54) is 7.11 Å². The van der Waals surface area contributed by atoms with Gasteiger partial charge in [0, 0.05) is 27.8 Å². The van der Waals surface area contributed by atoms with Crippen LogP contribution in [0.1, 0.15) is 37.8 Å². The summed E-state index contributed by atoms with van der Waals surface area (Å²) in [6.07, 6.45) is 3.82. The minimum absolute atomic E-state index is 0.265. The van der Waals surface area contributed by atoms with Gasteiger partial charge in [-0.2, -0.15) is 0 Å². The Hall–Kier alpha value is -3.70. The number of esters is 1. The Morgan fingerprint density at radius 1 is 0.912 bits per heavy atom. The highest BCUT2D eigenvalue weighted by molar-refractivity contribution is 6.32. The molecule has 0 bridgehead atoms. The van der Waals surface area contributed by atoms with Crippen LogP contribution >= 0.6 is 11.6 Å². The molecule has 0 unspecified atom stereocenters. The molecular formula is C28H20ClNO4. The van der Waals surface area contributed by atoms with Crippen LogP contribution in [0.2, 0.25) is 5.02 Å². The van der Waals surface area contributed by atoms with Gasteiger partial charge in [0.05, 0.1) is 13.2 Å². The lowest BCUT2D eigenvalue weighted by Gasteiger charge is -2.36. The molecule has 34 heavy (non-hydrogen) atoms. The predicted molar refractivity (Wildman–Crippen MR) is 129 cm³/mol. The maximum Gasteiger partial charge on any atom is 0.329 e. The molecule has 3 aromatic carbocycles. The lowest BCUT2D eigenvalue weighted by Crippen LogP contribution is -2.48. The predicted octanol–water partition coefficient (Wildman–Crippen LogP) is 4.95. The third-order valence-corrected chi connectivity index (χ3v) is 7.64. The largest absolute Gasteiger partial charge is 0.467 e. The number of benzene rings is 3. The molecule has 6 rings (SSSR count). The number of hydrogen-bond acceptors (Lipinski definition) is 5. The van der Waals surface area contributed by atoms with Crippen LogP contribution < -0.4 is 4.90 Å². The second kappa shape index (κ2) is 7.40. The Balaban J connectivity index is 1.69. The van der Waals surface area contributed by atoms with Crippen molar-refractivity contribution in [2.45, 2.75) is 18.0 Å². The van der Waals surface area contributed by atoms with Crippen molar-refractivity contribution < 1.29 is 19.1 Å². The van der Waals surface area contributed by atoms with Gasteiger partial charge in [0.25, 0.3) is 0 Å². The maximum atomic E-state index is 14.2. The molecule has 3 aliphatic rings. The topological polar surface area (TPSA) is 63.7 Å². The highest BCUT2D eigenvalue weighted by atomic mass is 35.5. The molecule has 0 aromatic heterocycles. The molecule has 1 fully saturated rings. The number of ether oxygens (including phenoxy) is 1. The minimum atomic E-state index is -1.51. The molecule has 0 saturated carbocycles. The van der Waals surface area contributed by atoms with Crippen molar-refractivity contribution in [1.29, 1.82) is 0 Å². The van der Waals surface area contributed by atoms with Crippen LogP contribution in [-0.4, -0.2) is 36.7 Å². The van der Waals surface area contributed by atoms with Gasteiger partial charge in [-0.25, -0.2) is 4.79 Å². The molecule has 0 N–H and O–H groups in total. The number of halogens is 1. The zero-order valence-electron chi connectivity index (χ0n) is 18.3. The van der Waals surface area contributed by atoms with Crippen molar-refractivity contribution in [3.63, 3.8) is 0 Å². The second-order valence-electron chi connectivity index (χ2n) is 8.84. The molecule has 0 amide bonds. The fourth-order valence-electron chi connectivity index (χ4n) is 6.05. The van der Waals surface area contributed by atoms with Gasteiger partial charge in [0.1, 0.15) is 11.5 Å². The first kappa shape index (κ1) is 20.9. The van der Waals surface area contributed by atoms with Gasteiger partial charge in [-0.05, 0) is 29.3 Å². The molecule has 3 aromatic rings. The van der Waals surface area contributed by atoms with E-state index in [-0.39, 0.29) is 11.6 Å². The minimum Gasteiger partial charge on any atom is -0.467 e. The first-order chi connectivity index (χ1) is 16.5. The van der Waals surface area contributed by atoms with Gasteiger partial charge in [0.2, 0.25) is 0 Å². The van der Waals surface area contributed by atoms with E-state index in [1.807, 2.05) is 41.3 Å². The van der Waals surface area contributed by atoms with Crippen molar-refractivity contribution in [2.75, 3.05) is 12.0 Å². The molecule has 1 saturated heterocycles. The maximum absolute atomic E-state index is 14.2. The number of carbonyl (C=O) groups excluding carboxylic acids is 3. The van der Waals surface area contributed by atoms with Crippen LogP contribution in [0.4, 0.5) is 5.69 Å². The van der Waals surface area contributed by atoms with Crippen molar-refractivity contribution in [3.05, 3.63) is 106 Å². The van der Waals surface area contributed by atoms with Gasteiger partial charge in [-0.3, -0.25) is 9.59 Å². The Bertz CT molecular complexity index is 1360. The summed E-state index contributed by atoms with van der Waals surface area (Å²) < 4.78 is 5.27. The van der Waals surface area contributed by atoms with E-state index in [9.17, 15) is 14.4 Å². The van der Waals surface area contributed by atoms with E-state index < -0.39 is 29.4 Å². The van der Waals surface area contributed by atoms with E-state index >= 15 is 0 Å². The second-order valence-corrected chi connectivity index (χ2v) is 9.28. The zero-order chi connectivity index (χ0) is 23.6. The molecule has 2 heterocycles. The average Bonchev–Trinajstić information content (AvgIpc) is 3.31. The van der Waals surface area contributed by atoms with E-state index in [1.54, 1.807) is 48.5 Å². The number of ketones is 2. The van der Waals surface area contributed by atoms with Gasteiger partial charge in [0.15, 0.2) is 11.6 Å². The van der Waals surface area contributed by atoms with E-state index in [4.69, 9.17) is 16.3 Å². The van der Waals surface area contributed by atoms with Crippen LogP contribution in [0.3, 0.4) is 0 Å². The van der Waals surface area contributed by atoms with Gasteiger partial charge < -0.3 is 9.64 Å². The Kier molecular flexibility index (Phi) is 4.55. The fourth-order valence-corrected chi connectivity index (χ4v) is 6.18. The van der Waals surface area contributed by atoms with Crippen molar-refractivity contribution in [2.24, 2.45) is 5.41 Å². The third-order valence-electron chi connectivity index (χ3n) is 7.38. The number of Topliss-reactive ketones (excluding diaryl/α,β-unsaturated/α-hetero) is 2. The summed E-state index contributed by atoms with van der Waals surface area (Å²) in [5.41, 5.74) is 1.66. The van der Waals surface area contributed by atoms with Crippen LogP contribution in [0.5, 0.6) is 0 Å². The number of para-hydroxylation sites is 1. The number of methoxy groups -OCH3 is 1. The number of hydrogen-bond donors (Lipinski definition) is 0. The lowest BCUT2D eigenvalue weighted by molar-refractivity contribution is -0.142. The van der Waals surface area contributed by atoms with Crippen LogP contribution in [0, 0.1) is 5.41 Å². The number of anilines is 1. The average molecular weight is 470 g/mol. The first-order valence-electron chi connectivity index (χ1n) is 11.1. The zero-order valence-corrected chi connectivity index (χ0v) is 19.0. The summed E-state index contributed by atoms with van der Waals surface area (Å²) >= 11 is 6.17. The van der Waals surface area contributed by atoms with Gasteiger partial charge >= 0.3 is 5.97 Å². The molecule has 3 atom stereocenters. The fraction of sp³-hybridized carbons (Fsp3) is 0.179. The van der Waals surface area contributed by atoms with Crippen molar-refractivity contribution in [1.82, 2.24) is 0 Å². The molecular weight excluding hydrogens is 450 g/mol. The highest BCUT2D eigenvalue weighted by Gasteiger charge is 2.71. The van der Waals surface area contributed by atoms with Crippen LogP contribution in [0.25, 0.3) is 6.08 Å². The third kappa shape index (κ3) is 2.53. The quantitative estimate of drug-likeness (QED) is 0.392. The number of nitrogens with zero attached hydrogens (tertiary/aromatic N) is 1. The van der Waals surface area contributed by atoms with E-state index in [0.29, 0.717) is 21.7 Å². The van der Waals surface area contributed by atoms with Crippen molar-refractivity contribution in [3.8, 4) is 0 Å². The summed E-state index contributed by atoms with van der Waals surface area (Å²) in [6, 6.07) is 20.1. The molecule has 2 aliphatic heterocycles. The van der Waals surface area contributed by atoms with Gasteiger partial charge in [-0.1, -0.05) is 78.4 Å². The Morgan fingerprint density at radius 3 is 2.18 bits per heavy atom. The standard InChI is InChI=1S/C28H20ClNO4/c1-34-27(33)24-23(17-10-13-18(29)14-11-17)28(25(31)19-7-3-4-8-20(19)26(28)32)22-15-12-16-6-2-5-9-21(16)30(22)24/h2-15,22-24H,1H3/t22-,23+,24-/m0/s1. The Labute approximate surface area is 201 Å². The van der Waals surface area contributed by atoms with Gasteiger partial charge in [-0.15, -0.1) is 0 Å². The van der Waals surface area contributed by atoms with Crippen LogP contribution in [0.15, 0.2) is 78.9 Å². The highest BCUT2D eigenvalue weighted by Crippen LogP contribution is 2.60. The summed E-state index contributed by atoms with van der Waals surface area (Å²) in [5, 5.41) is 0.528. The SMILES string of the molecule is COC(=O)[C@@H]1[C@@H](c2ccc(Cl)cc2)C2(C(=O)c3ccccc3C2=O)[C@@H]2C=Cc3ccccc3N12. The summed E-state index contributed by atoms with van der Waals surface area (Å²) in [5.74, 6) is -1.80. The summed E-state index contributed by atoms with van der Waals surface area (Å²) in [4.78, 5) is 43.8. The molecule has 6 heteroatoms. The number of rotatable bonds is 2. The molecule has 1 aliphatic carbocycles. The molecule has 168 valence electrons. The normalized spacial score (nSPS) is 23.6. The molecule has 0 radical (unpaired) electrons. The Morgan fingerprint density at radius 2 is 1.53 bits per heavy atom. The lowest BCUT2D eigenvalue weighted by atomic mass is 9.65. The van der Waals surface area contributed by atoms with E-state index in [2.05, 4.69) is 0 Å². The number of fused-ring (bicyclic) bond motifs is 5. The number of carbonyl (C=O) groups is 3. The summed E-state index contributed by atoms with van der Waals surface area (Å²) in [6.45, 7) is 0. The monoisotopic (exact) mass is 469 g/mol. The van der Waals surface area contributed by atoms with E-state index in [0.717, 1.165) is 11.3 Å².